The third-order valence-electron chi connectivity index (χ3n) is 5.25. The Morgan fingerprint density at radius 3 is 2.10 bits per heavy atom. The summed E-state index contributed by atoms with van der Waals surface area (Å²) >= 11 is 0. The summed E-state index contributed by atoms with van der Waals surface area (Å²) in [5.41, 5.74) is 0. The Balaban J connectivity index is 2.77. The topological polar surface area (TPSA) is 15.3 Å². The molecule has 1 rings (SSSR count). The quantitative estimate of drug-likeness (QED) is 0.754. The zero-order valence-corrected chi connectivity index (χ0v) is 14.9. The molecule has 0 saturated carbocycles. The molecule has 0 amide bonds. The van der Waals surface area contributed by atoms with Gasteiger partial charge in [0.15, 0.2) is 0 Å². The molecule has 1 fully saturated rings. The number of rotatable bonds is 7. The number of hydrogen-bond donors (Lipinski definition) is 1. The molecule has 2 heteroatoms. The molecule has 1 aliphatic rings. The zero-order chi connectivity index (χ0) is 15.3. The van der Waals surface area contributed by atoms with E-state index in [-0.39, 0.29) is 0 Å². The molecule has 0 bridgehead atoms. The Bertz CT molecular complexity index is 258. The third kappa shape index (κ3) is 4.73. The summed E-state index contributed by atoms with van der Waals surface area (Å²) in [4.78, 5) is 2.83. The fraction of sp³-hybridized carbons (Fsp3) is 1.00. The molecule has 0 aromatic rings. The minimum atomic E-state index is 0.682. The van der Waals surface area contributed by atoms with Crippen LogP contribution in [-0.2, 0) is 0 Å². The van der Waals surface area contributed by atoms with Crippen molar-refractivity contribution in [3.05, 3.63) is 0 Å². The SMILES string of the molecule is CCC(CC)C(C)N1CC(CC(C)C)NCC1C(C)C. The van der Waals surface area contributed by atoms with Crippen LogP contribution in [0.1, 0.15) is 67.7 Å². The minimum absolute atomic E-state index is 0.682. The Hall–Kier alpha value is -0.0800. The number of piperazine rings is 1. The summed E-state index contributed by atoms with van der Waals surface area (Å²) in [5.74, 6) is 2.36. The van der Waals surface area contributed by atoms with Crippen LogP contribution in [0.15, 0.2) is 0 Å². The van der Waals surface area contributed by atoms with Crippen LogP contribution >= 0.6 is 0 Å². The highest BCUT2D eigenvalue weighted by molar-refractivity contribution is 4.92. The second-order valence-corrected chi connectivity index (χ2v) is 7.56. The first-order valence-electron chi connectivity index (χ1n) is 8.89. The molecule has 1 aliphatic heterocycles. The van der Waals surface area contributed by atoms with Gasteiger partial charge in [-0.05, 0) is 31.1 Å². The van der Waals surface area contributed by atoms with Crippen LogP contribution in [0.3, 0.4) is 0 Å². The lowest BCUT2D eigenvalue weighted by Gasteiger charge is -2.48. The smallest absolute Gasteiger partial charge is 0.0247 e. The van der Waals surface area contributed by atoms with Gasteiger partial charge in [-0.25, -0.2) is 0 Å². The van der Waals surface area contributed by atoms with E-state index in [0.717, 1.165) is 17.8 Å². The molecule has 0 aliphatic carbocycles. The van der Waals surface area contributed by atoms with Crippen molar-refractivity contribution in [2.24, 2.45) is 17.8 Å². The summed E-state index contributed by atoms with van der Waals surface area (Å²) in [6.45, 7) is 19.0. The van der Waals surface area contributed by atoms with Gasteiger partial charge in [0.2, 0.25) is 0 Å². The Kier molecular flexibility index (Phi) is 7.53. The third-order valence-corrected chi connectivity index (χ3v) is 5.25. The minimum Gasteiger partial charge on any atom is -0.311 e. The van der Waals surface area contributed by atoms with Gasteiger partial charge in [-0.15, -0.1) is 0 Å². The number of nitrogens with one attached hydrogen (secondary N) is 1. The van der Waals surface area contributed by atoms with Gasteiger partial charge in [0.05, 0.1) is 0 Å². The van der Waals surface area contributed by atoms with Gasteiger partial charge >= 0.3 is 0 Å². The fourth-order valence-electron chi connectivity index (χ4n) is 3.91. The monoisotopic (exact) mass is 282 g/mol. The van der Waals surface area contributed by atoms with Crippen LogP contribution in [0.25, 0.3) is 0 Å². The van der Waals surface area contributed by atoms with E-state index in [1.165, 1.54) is 32.4 Å². The standard InChI is InChI=1S/C18H38N2/c1-8-16(9-2)15(7)20-12-17(10-13(3)4)19-11-18(20)14(5)6/h13-19H,8-12H2,1-7H3. The molecule has 3 atom stereocenters. The Morgan fingerprint density at radius 1 is 1.05 bits per heavy atom. The molecule has 1 N–H and O–H groups in total. The van der Waals surface area contributed by atoms with Gasteiger partial charge in [0.25, 0.3) is 0 Å². The van der Waals surface area contributed by atoms with Gasteiger partial charge in [0.1, 0.15) is 0 Å². The second kappa shape index (κ2) is 8.38. The first-order chi connectivity index (χ1) is 9.40. The molecule has 20 heavy (non-hydrogen) atoms. The van der Waals surface area contributed by atoms with E-state index in [4.69, 9.17) is 0 Å². The lowest BCUT2D eigenvalue weighted by atomic mass is 9.88. The maximum absolute atomic E-state index is 3.80. The van der Waals surface area contributed by atoms with Crippen LogP contribution in [0.5, 0.6) is 0 Å². The first kappa shape index (κ1) is 18.0. The first-order valence-corrected chi connectivity index (χ1v) is 8.89. The Labute approximate surface area is 127 Å². The van der Waals surface area contributed by atoms with E-state index in [1.54, 1.807) is 0 Å². The molecule has 0 spiro atoms. The van der Waals surface area contributed by atoms with Gasteiger partial charge in [-0.3, -0.25) is 4.90 Å². The van der Waals surface area contributed by atoms with Crippen molar-refractivity contribution in [2.45, 2.75) is 85.9 Å². The molecule has 1 heterocycles. The van der Waals surface area contributed by atoms with Crippen molar-refractivity contribution in [1.29, 1.82) is 0 Å². The predicted molar refractivity (Wildman–Crippen MR) is 90.1 cm³/mol. The molecular weight excluding hydrogens is 244 g/mol. The second-order valence-electron chi connectivity index (χ2n) is 7.56. The predicted octanol–water partition coefficient (Wildman–Crippen LogP) is 4.16. The molecular formula is C18H38N2. The maximum atomic E-state index is 3.80. The largest absolute Gasteiger partial charge is 0.311 e. The number of nitrogens with zero attached hydrogens (tertiary/aromatic N) is 1. The lowest BCUT2D eigenvalue weighted by molar-refractivity contribution is 0.0315. The van der Waals surface area contributed by atoms with E-state index in [1.807, 2.05) is 0 Å². The maximum Gasteiger partial charge on any atom is 0.0247 e. The van der Waals surface area contributed by atoms with Crippen LogP contribution in [0.4, 0.5) is 0 Å². The number of hydrogen-bond acceptors (Lipinski definition) is 2. The van der Waals surface area contributed by atoms with E-state index >= 15 is 0 Å². The van der Waals surface area contributed by atoms with Gasteiger partial charge < -0.3 is 5.32 Å². The van der Waals surface area contributed by atoms with Crippen molar-refractivity contribution >= 4 is 0 Å². The molecule has 0 aromatic carbocycles. The van der Waals surface area contributed by atoms with Gasteiger partial charge in [-0.1, -0.05) is 54.4 Å². The molecule has 0 radical (unpaired) electrons. The van der Waals surface area contributed by atoms with Crippen LogP contribution in [0, 0.1) is 17.8 Å². The molecule has 3 unspecified atom stereocenters. The average molecular weight is 283 g/mol. The summed E-state index contributed by atoms with van der Waals surface area (Å²) in [5, 5.41) is 3.80. The van der Waals surface area contributed by atoms with Gasteiger partial charge in [-0.2, -0.15) is 0 Å². The molecule has 1 saturated heterocycles. The van der Waals surface area contributed by atoms with Crippen molar-refractivity contribution in [3.8, 4) is 0 Å². The van der Waals surface area contributed by atoms with Crippen molar-refractivity contribution in [3.63, 3.8) is 0 Å². The van der Waals surface area contributed by atoms with E-state index in [2.05, 4.69) is 58.7 Å². The van der Waals surface area contributed by atoms with Gasteiger partial charge in [0, 0.05) is 31.2 Å². The van der Waals surface area contributed by atoms with E-state index in [0.29, 0.717) is 18.1 Å². The average Bonchev–Trinajstić information content (AvgIpc) is 2.38. The molecule has 2 nitrogen and oxygen atoms in total. The summed E-state index contributed by atoms with van der Waals surface area (Å²) in [7, 11) is 0. The summed E-state index contributed by atoms with van der Waals surface area (Å²) in [6.07, 6.45) is 3.92. The highest BCUT2D eigenvalue weighted by Gasteiger charge is 2.34. The molecule has 120 valence electrons. The molecule has 0 aromatic heterocycles. The highest BCUT2D eigenvalue weighted by Crippen LogP contribution is 2.26. The van der Waals surface area contributed by atoms with Crippen molar-refractivity contribution in [2.75, 3.05) is 13.1 Å². The van der Waals surface area contributed by atoms with Crippen LogP contribution in [0.2, 0.25) is 0 Å². The Morgan fingerprint density at radius 2 is 1.65 bits per heavy atom. The highest BCUT2D eigenvalue weighted by atomic mass is 15.3. The van der Waals surface area contributed by atoms with Crippen molar-refractivity contribution in [1.82, 2.24) is 10.2 Å². The fourth-order valence-corrected chi connectivity index (χ4v) is 3.91. The van der Waals surface area contributed by atoms with Crippen molar-refractivity contribution < 1.29 is 0 Å². The lowest BCUT2D eigenvalue weighted by Crippen LogP contribution is -2.61. The normalized spacial score (nSPS) is 26.7. The zero-order valence-electron chi connectivity index (χ0n) is 14.9. The van der Waals surface area contributed by atoms with Crippen LogP contribution < -0.4 is 5.32 Å². The summed E-state index contributed by atoms with van der Waals surface area (Å²) < 4.78 is 0. The van der Waals surface area contributed by atoms with E-state index < -0.39 is 0 Å². The van der Waals surface area contributed by atoms with E-state index in [9.17, 15) is 0 Å². The van der Waals surface area contributed by atoms with Crippen LogP contribution in [-0.4, -0.2) is 36.1 Å². The summed E-state index contributed by atoms with van der Waals surface area (Å²) in [6, 6.07) is 2.10.